The smallest absolute Gasteiger partial charge is 0.0966 e. The molecule has 3 heteroatoms. The summed E-state index contributed by atoms with van der Waals surface area (Å²) in [6.45, 7) is 3.96. The summed E-state index contributed by atoms with van der Waals surface area (Å²) < 4.78 is 0. The van der Waals surface area contributed by atoms with E-state index in [0.29, 0.717) is 0 Å². The third-order valence-electron chi connectivity index (χ3n) is 3.20. The maximum absolute atomic E-state index is 4.57. The zero-order valence-corrected chi connectivity index (χ0v) is 10.6. The van der Waals surface area contributed by atoms with Gasteiger partial charge in [-0.2, -0.15) is 0 Å². The maximum Gasteiger partial charge on any atom is 0.0966 e. The van der Waals surface area contributed by atoms with Crippen molar-refractivity contribution in [2.75, 3.05) is 6.54 Å². The number of aryl methyl sites for hydroxylation is 1. The molecule has 0 unspecified atom stereocenters. The first-order valence-electron chi connectivity index (χ1n) is 6.60. The molecule has 0 bridgehead atoms. The van der Waals surface area contributed by atoms with Crippen molar-refractivity contribution in [2.45, 2.75) is 45.6 Å². The summed E-state index contributed by atoms with van der Waals surface area (Å²) in [5.74, 6) is 1.16. The number of amidine groups is 1. The van der Waals surface area contributed by atoms with Crippen LogP contribution in [0.3, 0.4) is 0 Å². The molecular weight excluding hydrogens is 210 g/mol. The molecule has 0 radical (unpaired) electrons. The first-order valence-corrected chi connectivity index (χ1v) is 6.60. The molecule has 2 heterocycles. The minimum Gasteiger partial charge on any atom is -0.368 e. The van der Waals surface area contributed by atoms with Crippen molar-refractivity contribution in [3.05, 3.63) is 29.6 Å². The fourth-order valence-electron chi connectivity index (χ4n) is 2.16. The molecule has 0 atom stereocenters. The molecule has 0 aliphatic carbocycles. The summed E-state index contributed by atoms with van der Waals surface area (Å²) >= 11 is 0. The van der Waals surface area contributed by atoms with E-state index in [9.17, 15) is 0 Å². The third-order valence-corrected chi connectivity index (χ3v) is 3.20. The molecule has 0 aromatic carbocycles. The molecule has 0 fully saturated rings. The largest absolute Gasteiger partial charge is 0.368 e. The maximum atomic E-state index is 4.57. The predicted molar refractivity (Wildman–Crippen MR) is 71.2 cm³/mol. The van der Waals surface area contributed by atoms with E-state index in [2.05, 4.69) is 28.3 Å². The topological polar surface area (TPSA) is 37.3 Å². The van der Waals surface area contributed by atoms with Crippen LogP contribution in [0.4, 0.5) is 0 Å². The Morgan fingerprint density at radius 2 is 2.24 bits per heavy atom. The lowest BCUT2D eigenvalue weighted by atomic mass is 10.1. The van der Waals surface area contributed by atoms with Crippen LogP contribution in [-0.4, -0.2) is 17.4 Å². The molecule has 1 aromatic heterocycles. The van der Waals surface area contributed by atoms with Gasteiger partial charge in [-0.15, -0.1) is 0 Å². The lowest BCUT2D eigenvalue weighted by Gasteiger charge is -2.10. The Hall–Kier alpha value is -1.38. The standard InChI is InChI=1S/C14H21N3/c1-2-12-7-6-10-15-13(12)11-17-14-8-4-3-5-9-16-14/h6-7,10H,2-5,8-9,11H2,1H3,(H,16,17). The van der Waals surface area contributed by atoms with Gasteiger partial charge in [0.25, 0.3) is 0 Å². The molecule has 1 N–H and O–H groups in total. The fourth-order valence-corrected chi connectivity index (χ4v) is 2.16. The van der Waals surface area contributed by atoms with Crippen molar-refractivity contribution in [2.24, 2.45) is 4.99 Å². The Labute approximate surface area is 103 Å². The minimum absolute atomic E-state index is 0.808. The first-order chi connectivity index (χ1) is 8.40. The highest BCUT2D eigenvalue weighted by Gasteiger charge is 2.05. The number of nitrogens with zero attached hydrogens (tertiary/aromatic N) is 2. The molecule has 0 spiro atoms. The van der Waals surface area contributed by atoms with Crippen molar-refractivity contribution in [1.29, 1.82) is 0 Å². The van der Waals surface area contributed by atoms with E-state index in [4.69, 9.17) is 0 Å². The number of rotatable bonds is 3. The second-order valence-corrected chi connectivity index (χ2v) is 4.46. The molecule has 3 nitrogen and oxygen atoms in total. The van der Waals surface area contributed by atoms with E-state index >= 15 is 0 Å². The van der Waals surface area contributed by atoms with Crippen LogP contribution < -0.4 is 5.32 Å². The van der Waals surface area contributed by atoms with Gasteiger partial charge in [0.2, 0.25) is 0 Å². The molecule has 0 saturated heterocycles. The fraction of sp³-hybridized carbons (Fsp3) is 0.571. The number of nitrogens with one attached hydrogen (secondary N) is 1. The van der Waals surface area contributed by atoms with Gasteiger partial charge >= 0.3 is 0 Å². The summed E-state index contributed by atoms with van der Waals surface area (Å²) in [6, 6.07) is 4.16. The van der Waals surface area contributed by atoms with E-state index in [1.165, 1.54) is 24.8 Å². The number of hydrogen-bond donors (Lipinski definition) is 1. The van der Waals surface area contributed by atoms with Gasteiger partial charge in [-0.05, 0) is 30.9 Å². The number of hydrogen-bond acceptors (Lipinski definition) is 3. The van der Waals surface area contributed by atoms with Crippen LogP contribution in [-0.2, 0) is 13.0 Å². The number of aromatic nitrogens is 1. The minimum atomic E-state index is 0.808. The normalized spacial score (nSPS) is 16.2. The van der Waals surface area contributed by atoms with Crippen LogP contribution in [0, 0.1) is 0 Å². The third kappa shape index (κ3) is 3.55. The van der Waals surface area contributed by atoms with E-state index in [1.807, 2.05) is 12.3 Å². The van der Waals surface area contributed by atoms with Crippen molar-refractivity contribution < 1.29 is 0 Å². The lowest BCUT2D eigenvalue weighted by Crippen LogP contribution is -2.23. The molecule has 1 aromatic rings. The molecular formula is C14H21N3. The highest BCUT2D eigenvalue weighted by atomic mass is 15.0. The highest BCUT2D eigenvalue weighted by Crippen LogP contribution is 2.08. The Morgan fingerprint density at radius 3 is 3.12 bits per heavy atom. The van der Waals surface area contributed by atoms with E-state index < -0.39 is 0 Å². The van der Waals surface area contributed by atoms with Crippen LogP contribution in [0.1, 0.15) is 43.9 Å². The van der Waals surface area contributed by atoms with Crippen LogP contribution in [0.15, 0.2) is 23.3 Å². The number of pyridine rings is 1. The van der Waals surface area contributed by atoms with Crippen LogP contribution in [0.25, 0.3) is 0 Å². The Balaban J connectivity index is 1.94. The van der Waals surface area contributed by atoms with Crippen LogP contribution in [0.2, 0.25) is 0 Å². The van der Waals surface area contributed by atoms with E-state index in [0.717, 1.165) is 37.5 Å². The van der Waals surface area contributed by atoms with E-state index in [-0.39, 0.29) is 0 Å². The summed E-state index contributed by atoms with van der Waals surface area (Å²) in [4.78, 5) is 9.01. The van der Waals surface area contributed by atoms with Gasteiger partial charge in [0.05, 0.1) is 18.1 Å². The predicted octanol–water partition coefficient (Wildman–Crippen LogP) is 2.71. The quantitative estimate of drug-likeness (QED) is 0.868. The summed E-state index contributed by atoms with van der Waals surface area (Å²) in [6.07, 6.45) is 7.79. The first kappa shape index (κ1) is 12.1. The highest BCUT2D eigenvalue weighted by molar-refractivity contribution is 5.82. The van der Waals surface area contributed by atoms with Crippen LogP contribution in [0.5, 0.6) is 0 Å². The van der Waals surface area contributed by atoms with Crippen molar-refractivity contribution in [3.63, 3.8) is 0 Å². The van der Waals surface area contributed by atoms with Gasteiger partial charge in [-0.3, -0.25) is 9.98 Å². The van der Waals surface area contributed by atoms with Gasteiger partial charge in [0.1, 0.15) is 0 Å². The van der Waals surface area contributed by atoms with Crippen molar-refractivity contribution >= 4 is 5.84 Å². The average Bonchev–Trinajstić information content (AvgIpc) is 2.65. The second kappa shape index (κ2) is 6.38. The number of aliphatic imine (C=N–C) groups is 1. The zero-order valence-electron chi connectivity index (χ0n) is 10.6. The van der Waals surface area contributed by atoms with Gasteiger partial charge in [-0.1, -0.05) is 19.4 Å². The molecule has 92 valence electrons. The molecule has 1 aliphatic rings. The van der Waals surface area contributed by atoms with Gasteiger partial charge < -0.3 is 5.32 Å². The molecule has 0 saturated carbocycles. The second-order valence-electron chi connectivity index (χ2n) is 4.46. The van der Waals surface area contributed by atoms with Crippen LogP contribution >= 0.6 is 0 Å². The molecule has 1 aliphatic heterocycles. The Morgan fingerprint density at radius 1 is 1.29 bits per heavy atom. The summed E-state index contributed by atoms with van der Waals surface area (Å²) in [7, 11) is 0. The van der Waals surface area contributed by atoms with Gasteiger partial charge in [0, 0.05) is 19.2 Å². The Kier molecular flexibility index (Phi) is 4.54. The van der Waals surface area contributed by atoms with Crippen molar-refractivity contribution in [1.82, 2.24) is 10.3 Å². The zero-order chi connectivity index (χ0) is 11.9. The molecule has 0 amide bonds. The SMILES string of the molecule is CCc1cccnc1CNC1=NCCCCC1. The average molecular weight is 231 g/mol. The molecule has 17 heavy (non-hydrogen) atoms. The van der Waals surface area contributed by atoms with E-state index in [1.54, 1.807) is 0 Å². The van der Waals surface area contributed by atoms with Gasteiger partial charge in [0.15, 0.2) is 0 Å². The van der Waals surface area contributed by atoms with Crippen molar-refractivity contribution in [3.8, 4) is 0 Å². The lowest BCUT2D eigenvalue weighted by molar-refractivity contribution is 0.727. The molecule has 2 rings (SSSR count). The summed E-state index contributed by atoms with van der Waals surface area (Å²) in [5, 5.41) is 3.44. The Bertz CT molecular complexity index is 385. The summed E-state index contributed by atoms with van der Waals surface area (Å²) in [5.41, 5.74) is 2.48. The van der Waals surface area contributed by atoms with Gasteiger partial charge in [-0.25, -0.2) is 0 Å². The monoisotopic (exact) mass is 231 g/mol.